The van der Waals surface area contributed by atoms with Gasteiger partial charge in [-0.1, -0.05) is 0 Å². The molecular weight excluding hydrogens is 349 g/mol. The number of piperazine rings is 1. The molecule has 1 aliphatic heterocycles. The highest BCUT2D eigenvalue weighted by Gasteiger charge is 2.26. The third kappa shape index (κ3) is 3.56. The van der Waals surface area contributed by atoms with Gasteiger partial charge >= 0.3 is 5.97 Å². The topological polar surface area (TPSA) is 74.6 Å². The first-order chi connectivity index (χ1) is 12.5. The number of hydrogen-bond donors (Lipinski definition) is 2. The molecule has 1 fully saturated rings. The van der Waals surface area contributed by atoms with Crippen molar-refractivity contribution in [3.05, 3.63) is 39.9 Å². The number of anilines is 1. The molecule has 27 heavy (non-hydrogen) atoms. The fraction of sp³-hybridized carbons (Fsp3) is 0.500. The summed E-state index contributed by atoms with van der Waals surface area (Å²) < 4.78 is 16.7. The van der Waals surface area contributed by atoms with Gasteiger partial charge in [-0.15, -0.1) is 0 Å². The minimum absolute atomic E-state index is 0.0855. The Hall–Kier alpha value is -2.41. The summed E-state index contributed by atoms with van der Waals surface area (Å²) in [7, 11) is 0. The summed E-state index contributed by atoms with van der Waals surface area (Å²) in [6.07, 6.45) is 1.36. The van der Waals surface area contributed by atoms with Crippen LogP contribution in [0.2, 0.25) is 0 Å². The summed E-state index contributed by atoms with van der Waals surface area (Å²) in [5, 5.41) is 12.9. The largest absolute Gasteiger partial charge is 0.477 e. The van der Waals surface area contributed by atoms with Crippen molar-refractivity contribution in [3.8, 4) is 0 Å². The molecule has 2 heterocycles. The number of aromatic nitrogens is 1. The summed E-state index contributed by atoms with van der Waals surface area (Å²) in [5.74, 6) is -1.82. The standard InChI is InChI=1S/C20H26FN3O3/c1-11-8-23(9-12(2)22-11)17-7-16-13(6-15(17)21)18(25)14(19(26)27)10-24(16)20(3,4)5/h6-7,10-12,22H,8-9H2,1-5H3,(H,26,27)/t11-,12-/m1/s1. The second kappa shape index (κ2) is 6.64. The van der Waals surface area contributed by atoms with Crippen LogP contribution in [0.1, 0.15) is 45.0 Å². The molecule has 0 radical (unpaired) electrons. The maximum Gasteiger partial charge on any atom is 0.341 e. The van der Waals surface area contributed by atoms with Gasteiger partial charge in [-0.3, -0.25) is 4.79 Å². The zero-order valence-electron chi connectivity index (χ0n) is 16.3. The van der Waals surface area contributed by atoms with Gasteiger partial charge in [0.1, 0.15) is 11.4 Å². The van der Waals surface area contributed by atoms with E-state index >= 15 is 0 Å². The van der Waals surface area contributed by atoms with E-state index in [1.165, 1.54) is 12.3 Å². The molecule has 2 N–H and O–H groups in total. The van der Waals surface area contributed by atoms with E-state index in [9.17, 15) is 19.1 Å². The van der Waals surface area contributed by atoms with E-state index in [0.29, 0.717) is 24.3 Å². The zero-order valence-corrected chi connectivity index (χ0v) is 16.3. The summed E-state index contributed by atoms with van der Waals surface area (Å²) >= 11 is 0. The lowest BCUT2D eigenvalue weighted by Gasteiger charge is -2.38. The molecule has 0 bridgehead atoms. The lowest BCUT2D eigenvalue weighted by Crippen LogP contribution is -2.54. The Morgan fingerprint density at radius 3 is 2.33 bits per heavy atom. The van der Waals surface area contributed by atoms with Gasteiger partial charge in [0.2, 0.25) is 5.43 Å². The van der Waals surface area contributed by atoms with Gasteiger partial charge in [0.25, 0.3) is 0 Å². The number of nitrogens with zero attached hydrogens (tertiary/aromatic N) is 2. The van der Waals surface area contributed by atoms with Crippen molar-refractivity contribution in [3.63, 3.8) is 0 Å². The van der Waals surface area contributed by atoms with Crippen LogP contribution in [0.15, 0.2) is 23.1 Å². The molecule has 0 aliphatic carbocycles. The predicted molar refractivity (Wildman–Crippen MR) is 104 cm³/mol. The maximum absolute atomic E-state index is 14.9. The van der Waals surface area contributed by atoms with Crippen molar-refractivity contribution in [2.75, 3.05) is 18.0 Å². The van der Waals surface area contributed by atoms with E-state index < -0.39 is 22.8 Å². The molecule has 3 rings (SSSR count). The lowest BCUT2D eigenvalue weighted by molar-refractivity contribution is 0.0694. The lowest BCUT2D eigenvalue weighted by atomic mass is 10.0. The average Bonchev–Trinajstić information content (AvgIpc) is 2.52. The van der Waals surface area contributed by atoms with Gasteiger partial charge in [-0.2, -0.15) is 0 Å². The number of benzene rings is 1. The number of fused-ring (bicyclic) bond motifs is 1. The number of aromatic carboxylic acids is 1. The average molecular weight is 375 g/mol. The van der Waals surface area contributed by atoms with E-state index in [4.69, 9.17) is 0 Å². The Balaban J connectivity index is 2.29. The predicted octanol–water partition coefficient (Wildman–Crippen LogP) is 2.78. The number of carbonyl (C=O) groups is 1. The summed E-state index contributed by atoms with van der Waals surface area (Å²) in [5.41, 5.74) is -0.523. The Kier molecular flexibility index (Phi) is 4.76. The first kappa shape index (κ1) is 19.4. The second-order valence-electron chi connectivity index (χ2n) is 8.41. The first-order valence-electron chi connectivity index (χ1n) is 9.12. The molecule has 2 atom stereocenters. The number of rotatable bonds is 2. The molecule has 146 valence electrons. The van der Waals surface area contributed by atoms with Crippen LogP contribution in [-0.2, 0) is 5.54 Å². The number of pyridine rings is 1. The van der Waals surface area contributed by atoms with E-state index in [0.717, 1.165) is 0 Å². The van der Waals surface area contributed by atoms with Crippen LogP contribution >= 0.6 is 0 Å². The van der Waals surface area contributed by atoms with Crippen LogP contribution in [0.25, 0.3) is 10.9 Å². The molecule has 1 aromatic heterocycles. The van der Waals surface area contributed by atoms with Crippen LogP contribution < -0.4 is 15.6 Å². The van der Waals surface area contributed by atoms with Crippen LogP contribution in [0.4, 0.5) is 10.1 Å². The number of hydrogen-bond acceptors (Lipinski definition) is 4. The molecule has 0 spiro atoms. The Bertz CT molecular complexity index is 952. The number of halogens is 1. The normalized spacial score (nSPS) is 20.9. The molecule has 0 saturated carbocycles. The van der Waals surface area contributed by atoms with Crippen molar-refractivity contribution in [2.45, 2.75) is 52.2 Å². The Labute approximate surface area is 157 Å². The smallest absolute Gasteiger partial charge is 0.341 e. The molecule has 1 aromatic carbocycles. The highest BCUT2D eigenvalue weighted by molar-refractivity contribution is 5.93. The van der Waals surface area contributed by atoms with Crippen molar-refractivity contribution in [1.82, 2.24) is 9.88 Å². The molecular formula is C20H26FN3O3. The molecule has 1 saturated heterocycles. The minimum atomic E-state index is -1.31. The van der Waals surface area contributed by atoms with Crippen LogP contribution in [0.3, 0.4) is 0 Å². The third-order valence-electron chi connectivity index (χ3n) is 4.92. The Morgan fingerprint density at radius 1 is 1.22 bits per heavy atom. The van der Waals surface area contributed by atoms with E-state index in [1.807, 2.05) is 39.5 Å². The molecule has 0 unspecified atom stereocenters. The van der Waals surface area contributed by atoms with Gasteiger partial charge in [0, 0.05) is 42.3 Å². The van der Waals surface area contributed by atoms with Gasteiger partial charge in [0.15, 0.2) is 0 Å². The van der Waals surface area contributed by atoms with E-state index in [-0.39, 0.29) is 23.0 Å². The van der Waals surface area contributed by atoms with Crippen molar-refractivity contribution >= 4 is 22.6 Å². The van der Waals surface area contributed by atoms with Crippen LogP contribution in [0.5, 0.6) is 0 Å². The highest BCUT2D eigenvalue weighted by atomic mass is 19.1. The van der Waals surface area contributed by atoms with Gasteiger partial charge in [0.05, 0.1) is 11.2 Å². The van der Waals surface area contributed by atoms with E-state index in [2.05, 4.69) is 5.32 Å². The molecule has 7 heteroatoms. The maximum atomic E-state index is 14.9. The molecule has 6 nitrogen and oxygen atoms in total. The second-order valence-corrected chi connectivity index (χ2v) is 8.41. The van der Waals surface area contributed by atoms with Gasteiger partial charge in [-0.25, -0.2) is 9.18 Å². The Morgan fingerprint density at radius 2 is 1.81 bits per heavy atom. The van der Waals surface area contributed by atoms with Crippen molar-refractivity contribution in [2.24, 2.45) is 0 Å². The van der Waals surface area contributed by atoms with Gasteiger partial charge in [-0.05, 0) is 46.8 Å². The quantitative estimate of drug-likeness (QED) is 0.844. The molecule has 2 aromatic rings. The number of nitrogens with one attached hydrogen (secondary N) is 1. The van der Waals surface area contributed by atoms with Gasteiger partial charge < -0.3 is 19.9 Å². The highest BCUT2D eigenvalue weighted by Crippen LogP contribution is 2.29. The SMILES string of the molecule is C[C@@H]1CN(c2cc3c(cc2F)c(=O)c(C(=O)O)cn3C(C)(C)C)C[C@@H](C)N1. The summed E-state index contributed by atoms with van der Waals surface area (Å²) in [4.78, 5) is 26.1. The fourth-order valence-corrected chi connectivity index (χ4v) is 3.81. The van der Waals surface area contributed by atoms with Crippen molar-refractivity contribution in [1.29, 1.82) is 0 Å². The summed E-state index contributed by atoms with van der Waals surface area (Å²) in [6, 6.07) is 3.28. The first-order valence-corrected chi connectivity index (χ1v) is 9.12. The number of carboxylic acid groups (broad SMARTS) is 1. The van der Waals surface area contributed by atoms with Crippen LogP contribution in [0, 0.1) is 5.82 Å². The third-order valence-corrected chi connectivity index (χ3v) is 4.92. The number of carboxylic acids is 1. The molecule has 1 aliphatic rings. The van der Waals surface area contributed by atoms with Crippen LogP contribution in [-0.4, -0.2) is 40.8 Å². The summed E-state index contributed by atoms with van der Waals surface area (Å²) in [6.45, 7) is 11.2. The van der Waals surface area contributed by atoms with Crippen molar-refractivity contribution < 1.29 is 14.3 Å². The fourth-order valence-electron chi connectivity index (χ4n) is 3.81. The minimum Gasteiger partial charge on any atom is -0.477 e. The zero-order chi connectivity index (χ0) is 20.1. The van der Waals surface area contributed by atoms with E-state index in [1.54, 1.807) is 10.6 Å². The monoisotopic (exact) mass is 375 g/mol. The molecule has 0 amide bonds.